The first-order chi connectivity index (χ1) is 7.33. The van der Waals surface area contributed by atoms with Crippen molar-refractivity contribution in [3.63, 3.8) is 0 Å². The number of hydrogen-bond donors (Lipinski definition) is 1. The monoisotopic (exact) mass is 204 g/mol. The summed E-state index contributed by atoms with van der Waals surface area (Å²) >= 11 is 0. The summed E-state index contributed by atoms with van der Waals surface area (Å²) in [6.07, 6.45) is 4.72. The maximum absolute atomic E-state index is 5.52. The molecule has 0 aromatic heterocycles. The van der Waals surface area contributed by atoms with E-state index in [1.165, 1.54) is 42.6 Å². The summed E-state index contributed by atoms with van der Waals surface area (Å²) in [5.74, 6) is 0. The predicted molar refractivity (Wildman–Crippen MR) is 65.4 cm³/mol. The number of fused-ring (bicyclic) bond motifs is 1. The van der Waals surface area contributed by atoms with Crippen molar-refractivity contribution in [2.75, 3.05) is 25.0 Å². The Labute approximate surface area is 92.1 Å². The van der Waals surface area contributed by atoms with Gasteiger partial charge >= 0.3 is 0 Å². The first-order valence-corrected chi connectivity index (χ1v) is 5.85. The fraction of sp³-hybridized carbons (Fsp3) is 0.538. The normalized spacial score (nSPS) is 14.4. The Kier molecular flexibility index (Phi) is 3.27. The number of anilines is 1. The number of rotatable bonds is 4. The van der Waals surface area contributed by atoms with Crippen LogP contribution in [0.4, 0.5) is 5.69 Å². The topological polar surface area (TPSA) is 29.3 Å². The summed E-state index contributed by atoms with van der Waals surface area (Å²) in [6.45, 7) is 1.98. The van der Waals surface area contributed by atoms with Crippen LogP contribution in [0.5, 0.6) is 0 Å². The number of hydrogen-bond acceptors (Lipinski definition) is 2. The Morgan fingerprint density at radius 1 is 1.33 bits per heavy atom. The molecule has 2 nitrogen and oxygen atoms in total. The number of nitrogens with zero attached hydrogens (tertiary/aromatic N) is 1. The summed E-state index contributed by atoms with van der Waals surface area (Å²) < 4.78 is 0. The predicted octanol–water partition coefficient (Wildman–Crippen LogP) is 1.96. The third-order valence-electron chi connectivity index (χ3n) is 3.20. The van der Waals surface area contributed by atoms with Crippen LogP contribution in [0.15, 0.2) is 18.2 Å². The molecule has 1 aromatic carbocycles. The Morgan fingerprint density at radius 2 is 2.20 bits per heavy atom. The van der Waals surface area contributed by atoms with E-state index in [4.69, 9.17) is 5.73 Å². The highest BCUT2D eigenvalue weighted by molar-refractivity contribution is 5.62. The van der Waals surface area contributed by atoms with E-state index in [1.54, 1.807) is 0 Å². The summed E-state index contributed by atoms with van der Waals surface area (Å²) in [5, 5.41) is 0. The van der Waals surface area contributed by atoms with Gasteiger partial charge in [-0.25, -0.2) is 0 Å². The molecule has 2 N–H and O–H groups in total. The van der Waals surface area contributed by atoms with Crippen LogP contribution in [0.25, 0.3) is 0 Å². The van der Waals surface area contributed by atoms with Crippen molar-refractivity contribution in [1.29, 1.82) is 0 Å². The molecule has 0 saturated heterocycles. The maximum atomic E-state index is 5.52. The molecular formula is C13H20N2. The molecule has 0 radical (unpaired) electrons. The number of likely N-dealkylation sites (N-methyl/N-ethyl adjacent to an activating group) is 1. The molecule has 1 aromatic rings. The van der Waals surface area contributed by atoms with Crippen LogP contribution in [-0.2, 0) is 12.8 Å². The van der Waals surface area contributed by atoms with Crippen LogP contribution >= 0.6 is 0 Å². The number of unbranched alkanes of at least 4 members (excludes halogenated alkanes) is 1. The Morgan fingerprint density at radius 3 is 3.00 bits per heavy atom. The third-order valence-corrected chi connectivity index (χ3v) is 3.20. The molecular weight excluding hydrogens is 184 g/mol. The highest BCUT2D eigenvalue weighted by atomic mass is 15.1. The average molecular weight is 204 g/mol. The van der Waals surface area contributed by atoms with Crippen molar-refractivity contribution in [1.82, 2.24) is 0 Å². The molecule has 0 bridgehead atoms. The Bertz CT molecular complexity index is 333. The van der Waals surface area contributed by atoms with Crippen molar-refractivity contribution in [2.24, 2.45) is 5.73 Å². The van der Waals surface area contributed by atoms with Gasteiger partial charge in [-0.2, -0.15) is 0 Å². The lowest BCUT2D eigenvalue weighted by atomic mass is 10.0. The van der Waals surface area contributed by atoms with Gasteiger partial charge in [0.1, 0.15) is 0 Å². The molecule has 2 rings (SSSR count). The fourth-order valence-corrected chi connectivity index (χ4v) is 2.40. The second kappa shape index (κ2) is 4.67. The standard InChI is InChI=1S/C13H20N2/c1-15-10-8-12-7-4-6-11(13(12)15)5-2-3-9-14/h4,6-7H,2-3,5,8-10,14H2,1H3. The van der Waals surface area contributed by atoms with E-state index in [2.05, 4.69) is 30.1 Å². The molecule has 1 aliphatic heterocycles. The molecule has 0 aliphatic carbocycles. The van der Waals surface area contributed by atoms with E-state index in [1.807, 2.05) is 0 Å². The van der Waals surface area contributed by atoms with Gasteiger partial charge in [0.25, 0.3) is 0 Å². The summed E-state index contributed by atoms with van der Waals surface area (Å²) in [7, 11) is 2.19. The SMILES string of the molecule is CN1CCc2cccc(CCCCN)c21. The van der Waals surface area contributed by atoms with E-state index in [-0.39, 0.29) is 0 Å². The molecule has 2 heteroatoms. The van der Waals surface area contributed by atoms with Crippen LogP contribution in [0.2, 0.25) is 0 Å². The molecule has 15 heavy (non-hydrogen) atoms. The van der Waals surface area contributed by atoms with Crippen molar-refractivity contribution in [2.45, 2.75) is 25.7 Å². The van der Waals surface area contributed by atoms with E-state index in [9.17, 15) is 0 Å². The minimum atomic E-state index is 0.810. The minimum Gasteiger partial charge on any atom is -0.374 e. The van der Waals surface area contributed by atoms with Crippen LogP contribution in [0.3, 0.4) is 0 Å². The Hall–Kier alpha value is -1.02. The number of aryl methyl sites for hydroxylation is 1. The lowest BCUT2D eigenvalue weighted by molar-refractivity contribution is 0.744. The average Bonchev–Trinajstić information content (AvgIpc) is 2.62. The highest BCUT2D eigenvalue weighted by Crippen LogP contribution is 2.31. The Balaban J connectivity index is 2.14. The smallest absolute Gasteiger partial charge is 0.0429 e. The maximum Gasteiger partial charge on any atom is 0.0429 e. The number of nitrogens with two attached hydrogens (primary N) is 1. The van der Waals surface area contributed by atoms with Crippen LogP contribution < -0.4 is 10.6 Å². The first-order valence-electron chi connectivity index (χ1n) is 5.85. The minimum absolute atomic E-state index is 0.810. The molecule has 0 atom stereocenters. The quantitative estimate of drug-likeness (QED) is 0.760. The molecule has 0 spiro atoms. The van der Waals surface area contributed by atoms with E-state index < -0.39 is 0 Å². The molecule has 0 fully saturated rings. The molecule has 0 amide bonds. The second-order valence-corrected chi connectivity index (χ2v) is 4.34. The van der Waals surface area contributed by atoms with Gasteiger partial charge in [-0.05, 0) is 43.4 Å². The highest BCUT2D eigenvalue weighted by Gasteiger charge is 2.18. The van der Waals surface area contributed by atoms with Gasteiger partial charge < -0.3 is 10.6 Å². The summed E-state index contributed by atoms with van der Waals surface area (Å²) in [4.78, 5) is 2.38. The van der Waals surface area contributed by atoms with Gasteiger partial charge in [0.15, 0.2) is 0 Å². The summed E-state index contributed by atoms with van der Waals surface area (Å²) in [6, 6.07) is 6.71. The molecule has 1 heterocycles. The van der Waals surface area contributed by atoms with Gasteiger partial charge in [-0.15, -0.1) is 0 Å². The van der Waals surface area contributed by atoms with Gasteiger partial charge in [-0.3, -0.25) is 0 Å². The zero-order chi connectivity index (χ0) is 10.7. The lowest BCUT2D eigenvalue weighted by Crippen LogP contribution is -2.14. The van der Waals surface area contributed by atoms with E-state index >= 15 is 0 Å². The van der Waals surface area contributed by atoms with Crippen molar-refractivity contribution in [3.05, 3.63) is 29.3 Å². The largest absolute Gasteiger partial charge is 0.374 e. The molecule has 0 unspecified atom stereocenters. The lowest BCUT2D eigenvalue weighted by Gasteiger charge is -2.16. The van der Waals surface area contributed by atoms with Crippen molar-refractivity contribution >= 4 is 5.69 Å². The van der Waals surface area contributed by atoms with Crippen molar-refractivity contribution < 1.29 is 0 Å². The molecule has 0 saturated carbocycles. The van der Waals surface area contributed by atoms with Crippen molar-refractivity contribution in [3.8, 4) is 0 Å². The molecule has 1 aliphatic rings. The number of para-hydroxylation sites is 1. The second-order valence-electron chi connectivity index (χ2n) is 4.34. The zero-order valence-electron chi connectivity index (χ0n) is 9.50. The van der Waals surface area contributed by atoms with E-state index in [0.717, 1.165) is 13.0 Å². The van der Waals surface area contributed by atoms with Crippen LogP contribution in [0, 0.1) is 0 Å². The van der Waals surface area contributed by atoms with E-state index in [0.29, 0.717) is 0 Å². The zero-order valence-corrected chi connectivity index (χ0v) is 9.50. The first kappa shape index (κ1) is 10.5. The van der Waals surface area contributed by atoms with Gasteiger partial charge in [0, 0.05) is 19.3 Å². The van der Waals surface area contributed by atoms with Gasteiger partial charge in [-0.1, -0.05) is 18.2 Å². The summed E-state index contributed by atoms with van der Waals surface area (Å²) in [5.41, 5.74) is 10.0. The molecule has 82 valence electrons. The van der Waals surface area contributed by atoms with Crippen LogP contribution in [-0.4, -0.2) is 20.1 Å². The van der Waals surface area contributed by atoms with Crippen LogP contribution in [0.1, 0.15) is 24.0 Å². The fourth-order valence-electron chi connectivity index (χ4n) is 2.40. The number of benzene rings is 1. The third kappa shape index (κ3) is 2.15. The van der Waals surface area contributed by atoms with Gasteiger partial charge in [0.05, 0.1) is 0 Å². The van der Waals surface area contributed by atoms with Gasteiger partial charge in [0.2, 0.25) is 0 Å².